The highest BCUT2D eigenvalue weighted by Gasteiger charge is 2.25. The van der Waals surface area contributed by atoms with Crippen LogP contribution in [-0.4, -0.2) is 16.1 Å². The number of furan rings is 2. The fraction of sp³-hybridized carbons (Fsp3) is 0.0566. The van der Waals surface area contributed by atoms with E-state index < -0.39 is 0 Å². The first-order valence-electron chi connectivity index (χ1n) is 19.9. The van der Waals surface area contributed by atoms with Crippen molar-refractivity contribution in [2.75, 3.05) is 0 Å². The quantitative estimate of drug-likeness (QED) is 0.180. The van der Waals surface area contributed by atoms with Gasteiger partial charge >= 0.3 is 0 Å². The minimum absolute atomic E-state index is 0.0643. The number of fused-ring (bicyclic) bond motifs is 10. The van der Waals surface area contributed by atoms with Crippen molar-refractivity contribution in [3.05, 3.63) is 193 Å². The number of benzene rings is 8. The van der Waals surface area contributed by atoms with Crippen LogP contribution in [0.4, 0.5) is 0 Å². The van der Waals surface area contributed by atoms with Gasteiger partial charge in [0.05, 0.1) is 28.1 Å². The van der Waals surface area contributed by atoms with Crippen LogP contribution < -0.4 is 0 Å². The molecule has 0 bridgehead atoms. The maximum absolute atomic E-state index is 6.59. The molecule has 1 unspecified atom stereocenters. The minimum atomic E-state index is 0.0643. The van der Waals surface area contributed by atoms with Crippen molar-refractivity contribution in [3.63, 3.8) is 0 Å². The molecule has 58 heavy (non-hydrogen) atoms. The van der Waals surface area contributed by atoms with Crippen LogP contribution in [0.25, 0.3) is 87.8 Å². The molecule has 11 aromatic rings. The summed E-state index contributed by atoms with van der Waals surface area (Å²) in [5.74, 6) is 0.719. The molecule has 5 nitrogen and oxygen atoms in total. The number of hydrogen-bond donors (Lipinski definition) is 0. The van der Waals surface area contributed by atoms with Gasteiger partial charge in [0.2, 0.25) is 0 Å². The van der Waals surface area contributed by atoms with E-state index in [1.807, 2.05) is 30.3 Å². The van der Waals surface area contributed by atoms with Gasteiger partial charge in [-0.1, -0.05) is 128 Å². The van der Waals surface area contributed by atoms with Crippen LogP contribution in [-0.2, 0) is 0 Å². The highest BCUT2D eigenvalue weighted by molar-refractivity contribution is 6.19. The van der Waals surface area contributed by atoms with Gasteiger partial charge in [0, 0.05) is 54.9 Å². The molecule has 0 saturated heterocycles. The molecular weight excluding hydrogens is 711 g/mol. The Labute approximate surface area is 333 Å². The first kappa shape index (κ1) is 32.7. The Hall–Kier alpha value is -7.50. The molecule has 8 aromatic carbocycles. The summed E-state index contributed by atoms with van der Waals surface area (Å²) < 4.78 is 15.4. The van der Waals surface area contributed by atoms with Crippen LogP contribution >= 0.6 is 0 Å². The van der Waals surface area contributed by atoms with Gasteiger partial charge in [0.25, 0.3) is 0 Å². The predicted molar refractivity (Wildman–Crippen MR) is 241 cm³/mol. The summed E-state index contributed by atoms with van der Waals surface area (Å²) >= 11 is 0. The van der Waals surface area contributed by atoms with Crippen molar-refractivity contribution in [2.45, 2.75) is 13.3 Å². The van der Waals surface area contributed by atoms with Crippen LogP contribution in [0.5, 0.6) is 0 Å². The van der Waals surface area contributed by atoms with Crippen molar-refractivity contribution < 1.29 is 8.83 Å². The molecule has 0 fully saturated rings. The second kappa shape index (κ2) is 12.8. The van der Waals surface area contributed by atoms with Gasteiger partial charge in [-0.2, -0.15) is 0 Å². The molecule has 1 aliphatic heterocycles. The molecule has 4 heterocycles. The lowest BCUT2D eigenvalue weighted by Crippen LogP contribution is -2.17. The van der Waals surface area contributed by atoms with Gasteiger partial charge in [-0.3, -0.25) is 0 Å². The number of aliphatic imine (C=N–C) groups is 2. The number of para-hydroxylation sites is 3. The maximum atomic E-state index is 6.59. The van der Waals surface area contributed by atoms with Gasteiger partial charge in [0.1, 0.15) is 22.3 Å². The number of rotatable bonds is 4. The molecular formula is C53H35N3O2. The second-order valence-corrected chi connectivity index (χ2v) is 15.3. The Kier molecular flexibility index (Phi) is 7.20. The zero-order chi connectivity index (χ0) is 38.3. The second-order valence-electron chi connectivity index (χ2n) is 15.3. The van der Waals surface area contributed by atoms with Gasteiger partial charge < -0.3 is 13.4 Å². The van der Waals surface area contributed by atoms with Crippen LogP contribution in [0.15, 0.2) is 195 Å². The first-order valence-corrected chi connectivity index (χ1v) is 19.9. The number of aromatic nitrogens is 1. The Morgan fingerprint density at radius 3 is 2.02 bits per heavy atom. The Morgan fingerprint density at radius 2 is 1.17 bits per heavy atom. The van der Waals surface area contributed by atoms with Crippen molar-refractivity contribution in [2.24, 2.45) is 15.9 Å². The van der Waals surface area contributed by atoms with Crippen LogP contribution in [0, 0.1) is 5.92 Å². The highest BCUT2D eigenvalue weighted by Crippen LogP contribution is 2.43. The summed E-state index contributed by atoms with van der Waals surface area (Å²) in [6.07, 6.45) is 3.03. The highest BCUT2D eigenvalue weighted by atomic mass is 16.3. The number of amidine groups is 1. The third kappa shape index (κ3) is 5.03. The minimum Gasteiger partial charge on any atom is -0.456 e. The smallest absolute Gasteiger partial charge is 0.160 e. The molecule has 3 aromatic heterocycles. The monoisotopic (exact) mass is 745 g/mol. The largest absolute Gasteiger partial charge is 0.456 e. The van der Waals surface area contributed by atoms with Gasteiger partial charge in [-0.05, 0) is 71.8 Å². The molecule has 0 amide bonds. The third-order valence-corrected chi connectivity index (χ3v) is 11.8. The van der Waals surface area contributed by atoms with Crippen molar-refractivity contribution in [1.29, 1.82) is 0 Å². The summed E-state index contributed by atoms with van der Waals surface area (Å²) in [5, 5.41) is 9.13. The summed E-state index contributed by atoms with van der Waals surface area (Å²) in [6, 6.07) is 59.7. The number of allylic oxidation sites excluding steroid dienone is 1. The predicted octanol–water partition coefficient (Wildman–Crippen LogP) is 14.1. The molecule has 5 heteroatoms. The maximum Gasteiger partial charge on any atom is 0.160 e. The Bertz CT molecular complexity index is 3560. The van der Waals surface area contributed by atoms with Gasteiger partial charge in [0.15, 0.2) is 5.84 Å². The molecule has 0 N–H and O–H groups in total. The van der Waals surface area contributed by atoms with Crippen molar-refractivity contribution in [3.8, 4) is 5.69 Å². The molecule has 1 atom stereocenters. The fourth-order valence-electron chi connectivity index (χ4n) is 9.08. The summed E-state index contributed by atoms with van der Waals surface area (Å²) in [5.41, 5.74) is 11.5. The van der Waals surface area contributed by atoms with E-state index in [-0.39, 0.29) is 5.92 Å². The van der Waals surface area contributed by atoms with Gasteiger partial charge in [-0.15, -0.1) is 0 Å². The normalized spacial score (nSPS) is 17.7. The van der Waals surface area contributed by atoms with E-state index in [9.17, 15) is 0 Å². The molecule has 0 aliphatic carbocycles. The van der Waals surface area contributed by atoms with E-state index in [1.165, 1.54) is 21.5 Å². The lowest BCUT2D eigenvalue weighted by atomic mass is 9.92. The molecule has 12 rings (SSSR count). The summed E-state index contributed by atoms with van der Waals surface area (Å²) in [6.45, 7) is 2.26. The zero-order valence-corrected chi connectivity index (χ0v) is 31.7. The SMILES string of the molecule is CC1C/C=C(c2c(-n3c4ccccc4c4cc5ccccc5cc43)ccc3oc4ccccc4c23)/N=C(c2ccccc2)\N=C/1c1ccc2c(c1)oc1ccccc12. The van der Waals surface area contributed by atoms with E-state index in [0.29, 0.717) is 5.84 Å². The number of nitrogens with zero attached hydrogens (tertiary/aromatic N) is 3. The van der Waals surface area contributed by atoms with Crippen LogP contribution in [0.1, 0.15) is 30.0 Å². The van der Waals surface area contributed by atoms with Crippen LogP contribution in [0.3, 0.4) is 0 Å². The molecule has 0 saturated carbocycles. The third-order valence-electron chi connectivity index (χ3n) is 11.8. The Balaban J connectivity index is 1.14. The van der Waals surface area contributed by atoms with E-state index in [4.69, 9.17) is 18.8 Å². The molecule has 1 aliphatic rings. The van der Waals surface area contributed by atoms with Crippen LogP contribution in [0.2, 0.25) is 0 Å². The average Bonchev–Trinajstić information content (AvgIpc) is 3.93. The van der Waals surface area contributed by atoms with E-state index in [1.54, 1.807) is 0 Å². The van der Waals surface area contributed by atoms with Crippen molar-refractivity contribution >= 4 is 93.7 Å². The molecule has 274 valence electrons. The fourth-order valence-corrected chi connectivity index (χ4v) is 9.08. The van der Waals surface area contributed by atoms with Crippen molar-refractivity contribution in [1.82, 2.24) is 4.57 Å². The van der Waals surface area contributed by atoms with Gasteiger partial charge in [-0.25, -0.2) is 9.98 Å². The summed E-state index contributed by atoms with van der Waals surface area (Å²) in [7, 11) is 0. The molecule has 0 radical (unpaired) electrons. The average molecular weight is 746 g/mol. The lowest BCUT2D eigenvalue weighted by molar-refractivity contribution is 0.668. The topological polar surface area (TPSA) is 55.9 Å². The standard InChI is InChI=1S/C53H35N3O2/c1-32-23-26-42(54-53(33-13-3-2-4-14-33)55-52(32)36-24-25-39-38-18-8-11-21-46(38)58-49(39)31-36)51-44(27-28-48-50(51)40-19-9-12-22-47(40)57-48)56-43-20-10-7-17-37(43)41-29-34-15-5-6-16-35(34)30-45(41)56/h2-22,24-32H,23H2,1H3/b42-26+,54-53-,55-52+. The molecule has 0 spiro atoms. The lowest BCUT2D eigenvalue weighted by Gasteiger charge is -2.20. The number of hydrogen-bond acceptors (Lipinski definition) is 4. The van der Waals surface area contributed by atoms with E-state index >= 15 is 0 Å². The first-order chi connectivity index (χ1) is 28.7. The van der Waals surface area contributed by atoms with E-state index in [2.05, 4.69) is 157 Å². The zero-order valence-electron chi connectivity index (χ0n) is 31.7. The van der Waals surface area contributed by atoms with E-state index in [0.717, 1.165) is 95.1 Å². The Morgan fingerprint density at radius 1 is 0.500 bits per heavy atom. The summed E-state index contributed by atoms with van der Waals surface area (Å²) in [4.78, 5) is 11.1.